The van der Waals surface area contributed by atoms with Crippen LogP contribution in [-0.2, 0) is 4.74 Å². The number of ether oxygens (including phenoxy) is 2. The Kier molecular flexibility index (Phi) is 7.33. The Bertz CT molecular complexity index is 1280. The zero-order chi connectivity index (χ0) is 23.9. The first-order chi connectivity index (χ1) is 16.6. The van der Waals surface area contributed by atoms with E-state index >= 15 is 0 Å². The standard InChI is InChI=1S/C29H30N2O3/c1-4-5-17-33-18-19-34-27-11-7-6-9-23(27)26-20-25(21-12-14-22(15-13-21)31(2)3)24-10-8-16-30-28(24)29(26)32/h5-17,20,32H,4,18-19H2,1-3H3. The number of phenols is 1. The third kappa shape index (κ3) is 4.99. The largest absolute Gasteiger partial charge is 0.505 e. The Balaban J connectivity index is 1.76. The predicted molar refractivity (Wildman–Crippen MR) is 139 cm³/mol. The molecule has 0 saturated heterocycles. The highest BCUT2D eigenvalue weighted by Gasteiger charge is 2.18. The summed E-state index contributed by atoms with van der Waals surface area (Å²) in [4.78, 5) is 6.58. The third-order valence-electron chi connectivity index (χ3n) is 5.62. The van der Waals surface area contributed by atoms with Crippen LogP contribution in [0.3, 0.4) is 0 Å². The Hall–Kier alpha value is -3.99. The summed E-state index contributed by atoms with van der Waals surface area (Å²) in [6, 6.07) is 22.0. The molecule has 0 saturated carbocycles. The van der Waals surface area contributed by atoms with E-state index in [4.69, 9.17) is 9.47 Å². The van der Waals surface area contributed by atoms with Gasteiger partial charge in [0.05, 0.1) is 6.26 Å². The number of nitrogens with zero attached hydrogens (tertiary/aromatic N) is 2. The van der Waals surface area contributed by atoms with E-state index in [-0.39, 0.29) is 5.75 Å². The van der Waals surface area contributed by atoms with Gasteiger partial charge >= 0.3 is 0 Å². The van der Waals surface area contributed by atoms with Crippen molar-refractivity contribution in [2.45, 2.75) is 13.3 Å². The smallest absolute Gasteiger partial charge is 0.149 e. The minimum Gasteiger partial charge on any atom is -0.505 e. The van der Waals surface area contributed by atoms with Gasteiger partial charge in [-0.25, -0.2) is 0 Å². The van der Waals surface area contributed by atoms with Gasteiger partial charge in [0.25, 0.3) is 0 Å². The number of aromatic nitrogens is 1. The second-order valence-electron chi connectivity index (χ2n) is 8.16. The SMILES string of the molecule is CCC=COCCOc1ccccc1-c1cc(-c2ccc(N(C)C)cc2)c2cccnc2c1O. The normalized spacial score (nSPS) is 11.1. The number of anilines is 1. The van der Waals surface area contributed by atoms with Crippen molar-refractivity contribution in [2.75, 3.05) is 32.2 Å². The van der Waals surface area contributed by atoms with Crippen LogP contribution in [0.5, 0.6) is 11.5 Å². The van der Waals surface area contributed by atoms with Gasteiger partial charge in [0.1, 0.15) is 30.2 Å². The van der Waals surface area contributed by atoms with E-state index in [1.165, 1.54) is 0 Å². The monoisotopic (exact) mass is 454 g/mol. The molecule has 0 unspecified atom stereocenters. The molecule has 0 atom stereocenters. The van der Waals surface area contributed by atoms with Crippen molar-refractivity contribution in [3.63, 3.8) is 0 Å². The van der Waals surface area contributed by atoms with Crippen molar-refractivity contribution in [1.82, 2.24) is 4.98 Å². The Morgan fingerprint density at radius 3 is 2.47 bits per heavy atom. The molecule has 4 rings (SSSR count). The fourth-order valence-corrected chi connectivity index (χ4v) is 3.86. The zero-order valence-electron chi connectivity index (χ0n) is 19.9. The highest BCUT2D eigenvalue weighted by molar-refractivity contribution is 6.03. The molecule has 0 aliphatic heterocycles. The van der Waals surface area contributed by atoms with Crippen LogP contribution >= 0.6 is 0 Å². The van der Waals surface area contributed by atoms with Gasteiger partial charge in [-0.15, -0.1) is 0 Å². The summed E-state index contributed by atoms with van der Waals surface area (Å²) in [5.74, 6) is 0.826. The van der Waals surface area contributed by atoms with Crippen molar-refractivity contribution in [3.05, 3.63) is 85.3 Å². The predicted octanol–water partition coefficient (Wildman–Crippen LogP) is 6.66. The lowest BCUT2D eigenvalue weighted by Crippen LogP contribution is -2.07. The van der Waals surface area contributed by atoms with Crippen molar-refractivity contribution in [3.8, 4) is 33.8 Å². The maximum atomic E-state index is 11.2. The van der Waals surface area contributed by atoms with E-state index in [9.17, 15) is 5.11 Å². The Morgan fingerprint density at radius 1 is 0.912 bits per heavy atom. The van der Waals surface area contributed by atoms with Crippen LogP contribution in [-0.4, -0.2) is 37.4 Å². The van der Waals surface area contributed by atoms with Crippen molar-refractivity contribution in [1.29, 1.82) is 0 Å². The number of benzene rings is 3. The molecule has 5 nitrogen and oxygen atoms in total. The highest BCUT2D eigenvalue weighted by atomic mass is 16.5. The topological polar surface area (TPSA) is 54.8 Å². The highest BCUT2D eigenvalue weighted by Crippen LogP contribution is 2.43. The molecular formula is C29H30N2O3. The summed E-state index contributed by atoms with van der Waals surface area (Å²) >= 11 is 0. The molecule has 0 aliphatic carbocycles. The molecule has 174 valence electrons. The fourth-order valence-electron chi connectivity index (χ4n) is 3.86. The number of hydrogen-bond acceptors (Lipinski definition) is 5. The molecule has 34 heavy (non-hydrogen) atoms. The molecule has 0 bridgehead atoms. The first-order valence-electron chi connectivity index (χ1n) is 11.5. The van der Waals surface area contributed by atoms with Gasteiger partial charge in [0.2, 0.25) is 0 Å². The molecule has 1 aromatic heterocycles. The average Bonchev–Trinajstić information content (AvgIpc) is 2.87. The Morgan fingerprint density at radius 2 is 1.71 bits per heavy atom. The lowest BCUT2D eigenvalue weighted by Gasteiger charge is -2.17. The number of rotatable bonds is 9. The maximum absolute atomic E-state index is 11.2. The molecule has 5 heteroatoms. The number of aromatic hydroxyl groups is 1. The summed E-state index contributed by atoms with van der Waals surface area (Å²) in [6.45, 7) is 2.90. The van der Waals surface area contributed by atoms with Gasteiger partial charge in [-0.2, -0.15) is 0 Å². The van der Waals surface area contributed by atoms with Gasteiger partial charge < -0.3 is 19.5 Å². The van der Waals surface area contributed by atoms with Crippen LogP contribution in [0.25, 0.3) is 33.2 Å². The second kappa shape index (κ2) is 10.8. The first kappa shape index (κ1) is 23.2. The second-order valence-corrected chi connectivity index (χ2v) is 8.16. The number of pyridine rings is 1. The van der Waals surface area contributed by atoms with E-state index in [0.717, 1.165) is 34.2 Å². The molecular weight excluding hydrogens is 424 g/mol. The van der Waals surface area contributed by atoms with Crippen LogP contribution in [0.15, 0.2) is 85.3 Å². The third-order valence-corrected chi connectivity index (χ3v) is 5.62. The van der Waals surface area contributed by atoms with E-state index in [1.807, 2.05) is 62.6 Å². The van der Waals surface area contributed by atoms with Crippen molar-refractivity contribution in [2.24, 2.45) is 0 Å². The van der Waals surface area contributed by atoms with Gasteiger partial charge in [0.15, 0.2) is 0 Å². The minimum absolute atomic E-state index is 0.141. The molecule has 0 amide bonds. The summed E-state index contributed by atoms with van der Waals surface area (Å²) in [7, 11) is 4.05. The number of hydrogen-bond donors (Lipinski definition) is 1. The van der Waals surface area contributed by atoms with Crippen LogP contribution in [0.2, 0.25) is 0 Å². The zero-order valence-corrected chi connectivity index (χ0v) is 19.9. The molecule has 1 heterocycles. The fraction of sp³-hybridized carbons (Fsp3) is 0.207. The van der Waals surface area contributed by atoms with Crippen LogP contribution < -0.4 is 9.64 Å². The molecule has 3 aromatic carbocycles. The van der Waals surface area contributed by atoms with Crippen molar-refractivity contribution >= 4 is 16.6 Å². The summed E-state index contributed by atoms with van der Waals surface area (Å²) in [6.07, 6.45) is 6.29. The van der Waals surface area contributed by atoms with Crippen LogP contribution in [0, 0.1) is 0 Å². The van der Waals surface area contributed by atoms with E-state index in [1.54, 1.807) is 12.5 Å². The number of phenolic OH excluding ortho intramolecular Hbond substituents is 1. The number of para-hydroxylation sites is 1. The lowest BCUT2D eigenvalue weighted by atomic mass is 9.93. The van der Waals surface area contributed by atoms with Gasteiger partial charge in [-0.3, -0.25) is 4.98 Å². The van der Waals surface area contributed by atoms with Gasteiger partial charge in [0, 0.05) is 42.5 Å². The van der Waals surface area contributed by atoms with Crippen molar-refractivity contribution < 1.29 is 14.6 Å². The van der Waals surface area contributed by atoms with E-state index in [0.29, 0.717) is 30.0 Å². The number of allylic oxidation sites excluding steroid dienone is 1. The first-order valence-corrected chi connectivity index (χ1v) is 11.5. The molecule has 4 aromatic rings. The molecule has 0 aliphatic rings. The quantitative estimate of drug-likeness (QED) is 0.226. The summed E-state index contributed by atoms with van der Waals surface area (Å²) in [5, 5.41) is 12.1. The molecule has 0 fully saturated rings. The Labute approximate surface area is 200 Å². The molecule has 0 radical (unpaired) electrons. The van der Waals surface area contributed by atoms with Gasteiger partial charge in [-0.05, 0) is 47.9 Å². The summed E-state index contributed by atoms with van der Waals surface area (Å²) in [5.41, 5.74) is 5.24. The van der Waals surface area contributed by atoms with E-state index < -0.39 is 0 Å². The minimum atomic E-state index is 0.141. The van der Waals surface area contributed by atoms with Crippen LogP contribution in [0.1, 0.15) is 13.3 Å². The molecule has 1 N–H and O–H groups in total. The van der Waals surface area contributed by atoms with Gasteiger partial charge in [-0.1, -0.05) is 49.4 Å². The van der Waals surface area contributed by atoms with Crippen LogP contribution in [0.4, 0.5) is 5.69 Å². The maximum Gasteiger partial charge on any atom is 0.149 e. The number of fused-ring (bicyclic) bond motifs is 1. The average molecular weight is 455 g/mol. The van der Waals surface area contributed by atoms with E-state index in [2.05, 4.69) is 41.1 Å². The molecule has 0 spiro atoms. The lowest BCUT2D eigenvalue weighted by molar-refractivity contribution is 0.179. The summed E-state index contributed by atoms with van der Waals surface area (Å²) < 4.78 is 11.5.